The minimum Gasteiger partial charge on any atom is -0.291 e. The van der Waals surface area contributed by atoms with Crippen LogP contribution < -0.4 is 0 Å². The second-order valence-corrected chi connectivity index (χ2v) is 3.67. The zero-order valence-corrected chi connectivity index (χ0v) is 8.93. The largest absolute Gasteiger partial charge is 0.291 e. The summed E-state index contributed by atoms with van der Waals surface area (Å²) < 4.78 is 0. The highest BCUT2D eigenvalue weighted by atomic mass is 16.2. The summed E-state index contributed by atoms with van der Waals surface area (Å²) in [4.78, 5) is 22.5. The first kappa shape index (κ1) is 12.3. The Kier molecular flexibility index (Phi) is 6.47. The highest BCUT2D eigenvalue weighted by Gasteiger charge is 2.15. The molecule has 0 aliphatic heterocycles. The van der Waals surface area contributed by atoms with Gasteiger partial charge >= 0.3 is 0 Å². The molecule has 76 valence electrons. The van der Waals surface area contributed by atoms with Crippen LogP contribution in [0.4, 0.5) is 0 Å². The third kappa shape index (κ3) is 5.56. The number of hydrogen-bond acceptors (Lipinski definition) is 2. The van der Waals surface area contributed by atoms with Gasteiger partial charge in [-0.2, -0.15) is 0 Å². The smallest absolute Gasteiger partial charge is 0.198 e. The molecule has 0 fully saturated rings. The van der Waals surface area contributed by atoms with Crippen molar-refractivity contribution < 1.29 is 9.59 Å². The molecule has 2 heteroatoms. The van der Waals surface area contributed by atoms with Gasteiger partial charge in [0.15, 0.2) is 11.6 Å². The predicted molar refractivity (Wildman–Crippen MR) is 53.6 cm³/mol. The molecule has 2 nitrogen and oxygen atoms in total. The van der Waals surface area contributed by atoms with E-state index in [4.69, 9.17) is 0 Å². The van der Waals surface area contributed by atoms with Crippen molar-refractivity contribution in [2.75, 3.05) is 0 Å². The summed E-state index contributed by atoms with van der Waals surface area (Å²) in [5, 5.41) is 0. The number of ketones is 2. The Morgan fingerprint density at radius 2 is 1.77 bits per heavy atom. The Hall–Kier alpha value is -0.660. The monoisotopic (exact) mass is 184 g/mol. The summed E-state index contributed by atoms with van der Waals surface area (Å²) in [5.41, 5.74) is 0. The normalized spacial score (nSPS) is 12.5. The molecule has 0 N–H and O–H groups in total. The lowest BCUT2D eigenvalue weighted by Crippen LogP contribution is -2.16. The topological polar surface area (TPSA) is 34.1 Å². The van der Waals surface area contributed by atoms with Crippen LogP contribution in [0.15, 0.2) is 0 Å². The Bertz CT molecular complexity index is 173. The molecular weight excluding hydrogens is 164 g/mol. The van der Waals surface area contributed by atoms with E-state index in [1.165, 1.54) is 0 Å². The standard InChI is InChI=1S/C11H20O2/c1-4-6-7-10(12)11(13)8-9(3)5-2/h9H,4-8H2,1-3H3. The molecule has 0 aliphatic carbocycles. The maximum Gasteiger partial charge on any atom is 0.198 e. The molecule has 0 bridgehead atoms. The van der Waals surface area contributed by atoms with E-state index in [2.05, 4.69) is 0 Å². The quantitative estimate of drug-likeness (QED) is 0.570. The van der Waals surface area contributed by atoms with E-state index in [1.807, 2.05) is 20.8 Å². The molecule has 0 aliphatic rings. The second-order valence-electron chi connectivity index (χ2n) is 3.67. The van der Waals surface area contributed by atoms with Gasteiger partial charge in [0.2, 0.25) is 0 Å². The van der Waals surface area contributed by atoms with Gasteiger partial charge in [0.25, 0.3) is 0 Å². The van der Waals surface area contributed by atoms with E-state index >= 15 is 0 Å². The van der Waals surface area contributed by atoms with E-state index < -0.39 is 0 Å². The number of Topliss-reactive ketones (excluding diaryl/α,β-unsaturated/α-hetero) is 2. The number of carbonyl (C=O) groups excluding carboxylic acids is 2. The van der Waals surface area contributed by atoms with Crippen LogP contribution in [0.2, 0.25) is 0 Å². The molecular formula is C11H20O2. The van der Waals surface area contributed by atoms with Gasteiger partial charge in [0.1, 0.15) is 0 Å². The van der Waals surface area contributed by atoms with Crippen LogP contribution in [0.3, 0.4) is 0 Å². The van der Waals surface area contributed by atoms with Crippen molar-refractivity contribution in [1.82, 2.24) is 0 Å². The van der Waals surface area contributed by atoms with Gasteiger partial charge in [0.05, 0.1) is 0 Å². The average molecular weight is 184 g/mol. The van der Waals surface area contributed by atoms with Gasteiger partial charge in [-0.3, -0.25) is 9.59 Å². The highest BCUT2D eigenvalue weighted by Crippen LogP contribution is 2.08. The molecule has 0 radical (unpaired) electrons. The van der Waals surface area contributed by atoms with Crippen LogP contribution in [0.25, 0.3) is 0 Å². The number of carbonyl (C=O) groups is 2. The lowest BCUT2D eigenvalue weighted by atomic mass is 9.98. The van der Waals surface area contributed by atoms with Crippen LogP contribution in [0.1, 0.15) is 52.9 Å². The van der Waals surface area contributed by atoms with Crippen LogP contribution >= 0.6 is 0 Å². The summed E-state index contributed by atoms with van der Waals surface area (Å²) in [6.07, 6.45) is 3.64. The van der Waals surface area contributed by atoms with Gasteiger partial charge in [-0.15, -0.1) is 0 Å². The zero-order valence-electron chi connectivity index (χ0n) is 8.93. The molecule has 0 heterocycles. The molecule has 0 rings (SSSR count). The van der Waals surface area contributed by atoms with Gasteiger partial charge < -0.3 is 0 Å². The van der Waals surface area contributed by atoms with Crippen molar-refractivity contribution in [3.05, 3.63) is 0 Å². The van der Waals surface area contributed by atoms with Crippen LogP contribution in [-0.2, 0) is 9.59 Å². The zero-order chi connectivity index (χ0) is 10.3. The maximum absolute atomic E-state index is 11.3. The van der Waals surface area contributed by atoms with Crippen molar-refractivity contribution in [3.63, 3.8) is 0 Å². The Morgan fingerprint density at radius 1 is 1.15 bits per heavy atom. The first-order valence-corrected chi connectivity index (χ1v) is 5.17. The molecule has 1 atom stereocenters. The van der Waals surface area contributed by atoms with E-state index in [0.717, 1.165) is 19.3 Å². The van der Waals surface area contributed by atoms with Crippen molar-refractivity contribution in [1.29, 1.82) is 0 Å². The van der Waals surface area contributed by atoms with Crippen LogP contribution in [0, 0.1) is 5.92 Å². The molecule has 13 heavy (non-hydrogen) atoms. The third-order valence-electron chi connectivity index (χ3n) is 2.30. The van der Waals surface area contributed by atoms with E-state index in [-0.39, 0.29) is 11.6 Å². The van der Waals surface area contributed by atoms with Crippen LogP contribution in [-0.4, -0.2) is 11.6 Å². The lowest BCUT2D eigenvalue weighted by molar-refractivity contribution is -0.137. The predicted octanol–water partition coefficient (Wildman–Crippen LogP) is 2.75. The number of hydrogen-bond donors (Lipinski definition) is 0. The van der Waals surface area contributed by atoms with Crippen molar-refractivity contribution >= 4 is 11.6 Å². The van der Waals surface area contributed by atoms with Gasteiger partial charge in [-0.25, -0.2) is 0 Å². The van der Waals surface area contributed by atoms with Crippen molar-refractivity contribution in [2.24, 2.45) is 5.92 Å². The average Bonchev–Trinajstić information content (AvgIpc) is 2.13. The molecule has 0 saturated carbocycles. The molecule has 0 spiro atoms. The molecule has 0 amide bonds. The lowest BCUT2D eigenvalue weighted by Gasteiger charge is -2.05. The molecule has 0 aromatic heterocycles. The minimum absolute atomic E-state index is 0.178. The van der Waals surface area contributed by atoms with E-state index in [0.29, 0.717) is 18.8 Å². The Morgan fingerprint density at radius 3 is 2.23 bits per heavy atom. The first-order chi connectivity index (χ1) is 6.11. The summed E-state index contributed by atoms with van der Waals surface area (Å²) >= 11 is 0. The Balaban J connectivity index is 3.76. The van der Waals surface area contributed by atoms with Crippen molar-refractivity contribution in [2.45, 2.75) is 52.9 Å². The fraction of sp³-hybridized carbons (Fsp3) is 0.818. The number of unbranched alkanes of at least 4 members (excludes halogenated alkanes) is 1. The molecule has 0 aromatic carbocycles. The fourth-order valence-electron chi connectivity index (χ4n) is 1.05. The van der Waals surface area contributed by atoms with Crippen LogP contribution in [0.5, 0.6) is 0 Å². The molecule has 0 aromatic rings. The van der Waals surface area contributed by atoms with Gasteiger partial charge in [0, 0.05) is 12.8 Å². The Labute approximate surface area is 80.7 Å². The maximum atomic E-state index is 11.3. The second kappa shape index (κ2) is 6.81. The summed E-state index contributed by atoms with van der Waals surface area (Å²) in [6, 6.07) is 0. The fourth-order valence-corrected chi connectivity index (χ4v) is 1.05. The van der Waals surface area contributed by atoms with E-state index in [1.54, 1.807) is 0 Å². The molecule has 1 unspecified atom stereocenters. The number of rotatable bonds is 7. The third-order valence-corrected chi connectivity index (χ3v) is 2.30. The minimum atomic E-state index is -0.179. The first-order valence-electron chi connectivity index (χ1n) is 5.17. The summed E-state index contributed by atoms with van der Waals surface area (Å²) in [6.45, 7) is 6.06. The van der Waals surface area contributed by atoms with Gasteiger partial charge in [-0.05, 0) is 12.3 Å². The van der Waals surface area contributed by atoms with E-state index in [9.17, 15) is 9.59 Å². The SMILES string of the molecule is CCCCC(=O)C(=O)CC(C)CC. The highest BCUT2D eigenvalue weighted by molar-refractivity contribution is 6.37. The van der Waals surface area contributed by atoms with Gasteiger partial charge in [-0.1, -0.05) is 33.6 Å². The summed E-state index contributed by atoms with van der Waals surface area (Å²) in [7, 11) is 0. The summed E-state index contributed by atoms with van der Waals surface area (Å²) in [5.74, 6) is -0.0111. The molecule has 0 saturated heterocycles. The van der Waals surface area contributed by atoms with Crippen molar-refractivity contribution in [3.8, 4) is 0 Å².